The van der Waals surface area contributed by atoms with E-state index in [0.29, 0.717) is 0 Å². The monoisotopic (exact) mass is 176 g/mol. The van der Waals surface area contributed by atoms with Crippen molar-refractivity contribution in [3.05, 3.63) is 23.0 Å². The summed E-state index contributed by atoms with van der Waals surface area (Å²) in [6, 6.07) is 2.67. The normalized spacial score (nSPS) is 9.73. The first kappa shape index (κ1) is 8.10. The summed E-state index contributed by atoms with van der Waals surface area (Å²) in [4.78, 5) is 0. The molecule has 0 atom stereocenters. The average molecular weight is 177 g/mol. The zero-order valence-corrected chi connectivity index (χ0v) is 6.19. The Morgan fingerprint density at radius 1 is 1.55 bits per heavy atom. The molecule has 0 saturated heterocycles. The molecule has 0 amide bonds. The summed E-state index contributed by atoms with van der Waals surface area (Å²) in [6.07, 6.45) is 0. The fourth-order valence-corrected chi connectivity index (χ4v) is 0.798. The van der Waals surface area contributed by atoms with Gasteiger partial charge in [-0.2, -0.15) is 0 Å². The number of phenols is 1. The first-order chi connectivity index (χ1) is 5.16. The Balaban J connectivity index is 3.25. The van der Waals surface area contributed by atoms with E-state index in [1.54, 1.807) is 0 Å². The summed E-state index contributed by atoms with van der Waals surface area (Å²) in [5.74, 6) is 3.48. The van der Waals surface area contributed by atoms with Crippen LogP contribution in [-0.2, 0) is 0 Å². The molecule has 4 N–H and O–H groups in total. The Bertz CT molecular complexity index is 280. The summed E-state index contributed by atoms with van der Waals surface area (Å²) in [6.45, 7) is 0. The summed E-state index contributed by atoms with van der Waals surface area (Å²) >= 11 is 5.38. The van der Waals surface area contributed by atoms with E-state index in [2.05, 4.69) is 5.43 Å². The van der Waals surface area contributed by atoms with E-state index in [1.165, 1.54) is 12.1 Å². The molecular weight excluding hydrogens is 171 g/mol. The molecule has 0 bridgehead atoms. The molecule has 0 aliphatic rings. The van der Waals surface area contributed by atoms with Crippen molar-refractivity contribution in [2.45, 2.75) is 0 Å². The minimum Gasteiger partial charge on any atom is -0.504 e. The van der Waals surface area contributed by atoms with E-state index in [1.807, 2.05) is 0 Å². The Labute approximate surface area is 67.6 Å². The van der Waals surface area contributed by atoms with Crippen LogP contribution >= 0.6 is 11.6 Å². The number of phenolic OH excluding ortho intramolecular Hbond substituents is 1. The van der Waals surface area contributed by atoms with Gasteiger partial charge in [0.25, 0.3) is 0 Å². The number of hydrazine groups is 1. The van der Waals surface area contributed by atoms with Gasteiger partial charge in [0.05, 0.1) is 10.7 Å². The zero-order chi connectivity index (χ0) is 8.43. The van der Waals surface area contributed by atoms with E-state index in [-0.39, 0.29) is 10.7 Å². The third kappa shape index (κ3) is 1.36. The average Bonchev–Trinajstić information content (AvgIpc) is 2.01. The Morgan fingerprint density at radius 3 is 2.73 bits per heavy atom. The molecule has 0 spiro atoms. The number of nitrogens with one attached hydrogen (secondary N) is 1. The smallest absolute Gasteiger partial charge is 0.190 e. The van der Waals surface area contributed by atoms with Gasteiger partial charge >= 0.3 is 0 Å². The van der Waals surface area contributed by atoms with E-state index < -0.39 is 11.6 Å². The maximum Gasteiger partial charge on any atom is 0.190 e. The van der Waals surface area contributed by atoms with Crippen LogP contribution in [0.3, 0.4) is 0 Å². The highest BCUT2D eigenvalue weighted by Gasteiger charge is 2.09. The van der Waals surface area contributed by atoms with Gasteiger partial charge in [-0.1, -0.05) is 11.6 Å². The number of rotatable bonds is 1. The topological polar surface area (TPSA) is 58.3 Å². The number of anilines is 1. The van der Waals surface area contributed by atoms with Gasteiger partial charge in [-0.05, 0) is 12.1 Å². The molecule has 3 nitrogen and oxygen atoms in total. The predicted molar refractivity (Wildman–Crippen MR) is 40.9 cm³/mol. The third-order valence-electron chi connectivity index (χ3n) is 1.22. The first-order valence-corrected chi connectivity index (χ1v) is 3.18. The number of hydrogen-bond acceptors (Lipinski definition) is 3. The molecule has 60 valence electrons. The van der Waals surface area contributed by atoms with Gasteiger partial charge in [0.2, 0.25) is 0 Å². The minimum absolute atomic E-state index is 0.00639. The molecule has 0 heterocycles. The van der Waals surface area contributed by atoms with Gasteiger partial charge in [0.15, 0.2) is 11.6 Å². The van der Waals surface area contributed by atoms with Gasteiger partial charge < -0.3 is 10.5 Å². The number of benzene rings is 1. The number of nitrogen functional groups attached to an aromatic ring is 1. The lowest BCUT2D eigenvalue weighted by atomic mass is 10.3. The van der Waals surface area contributed by atoms with Crippen LogP contribution in [0.25, 0.3) is 0 Å². The summed E-state index contributed by atoms with van der Waals surface area (Å²) in [5.41, 5.74) is 2.08. The van der Waals surface area contributed by atoms with Gasteiger partial charge in [0, 0.05) is 0 Å². The highest BCUT2D eigenvalue weighted by atomic mass is 35.5. The molecular formula is C6H6ClFN2O. The van der Waals surface area contributed by atoms with E-state index >= 15 is 0 Å². The van der Waals surface area contributed by atoms with Crippen molar-refractivity contribution in [1.82, 2.24) is 0 Å². The fourth-order valence-electron chi connectivity index (χ4n) is 0.652. The second-order valence-corrected chi connectivity index (χ2v) is 2.31. The highest BCUT2D eigenvalue weighted by molar-refractivity contribution is 6.32. The molecule has 0 aromatic heterocycles. The lowest BCUT2D eigenvalue weighted by Crippen LogP contribution is -2.08. The molecule has 1 aromatic carbocycles. The van der Waals surface area contributed by atoms with Crippen LogP contribution < -0.4 is 11.3 Å². The van der Waals surface area contributed by atoms with Crippen molar-refractivity contribution in [2.75, 3.05) is 5.43 Å². The molecule has 0 unspecified atom stereocenters. The number of hydrogen-bond donors (Lipinski definition) is 3. The molecule has 0 radical (unpaired) electrons. The molecule has 0 aliphatic heterocycles. The van der Waals surface area contributed by atoms with Crippen molar-refractivity contribution >= 4 is 17.3 Å². The lowest BCUT2D eigenvalue weighted by Gasteiger charge is -2.03. The summed E-state index contributed by atoms with van der Waals surface area (Å²) in [5, 5.41) is 8.88. The van der Waals surface area contributed by atoms with Crippen molar-refractivity contribution in [1.29, 1.82) is 0 Å². The van der Waals surface area contributed by atoms with E-state index in [9.17, 15) is 4.39 Å². The van der Waals surface area contributed by atoms with Crippen molar-refractivity contribution in [3.8, 4) is 5.75 Å². The second-order valence-electron chi connectivity index (χ2n) is 1.90. The highest BCUT2D eigenvalue weighted by Crippen LogP contribution is 2.30. The van der Waals surface area contributed by atoms with Crippen LogP contribution in [0.15, 0.2) is 12.1 Å². The lowest BCUT2D eigenvalue weighted by molar-refractivity contribution is 0.434. The van der Waals surface area contributed by atoms with Crippen molar-refractivity contribution < 1.29 is 9.50 Å². The zero-order valence-electron chi connectivity index (χ0n) is 5.44. The minimum atomic E-state index is -0.847. The summed E-state index contributed by atoms with van der Waals surface area (Å²) in [7, 11) is 0. The van der Waals surface area contributed by atoms with Crippen LogP contribution in [-0.4, -0.2) is 5.11 Å². The van der Waals surface area contributed by atoms with Crippen LogP contribution in [0.5, 0.6) is 5.75 Å². The first-order valence-electron chi connectivity index (χ1n) is 2.80. The van der Waals surface area contributed by atoms with Gasteiger partial charge in [0.1, 0.15) is 0 Å². The number of nitrogens with two attached hydrogens (primary N) is 1. The number of aromatic hydroxyl groups is 1. The largest absolute Gasteiger partial charge is 0.504 e. The second kappa shape index (κ2) is 2.94. The molecule has 0 saturated carbocycles. The molecule has 0 fully saturated rings. The SMILES string of the molecule is NNc1ccc(Cl)c(O)c1F. The Morgan fingerprint density at radius 2 is 2.18 bits per heavy atom. The summed E-state index contributed by atoms with van der Waals surface area (Å²) < 4.78 is 12.8. The predicted octanol–water partition coefficient (Wildman–Crippen LogP) is 1.47. The van der Waals surface area contributed by atoms with Crippen LogP contribution in [0.2, 0.25) is 5.02 Å². The molecule has 1 rings (SSSR count). The van der Waals surface area contributed by atoms with Crippen molar-refractivity contribution in [3.63, 3.8) is 0 Å². The van der Waals surface area contributed by atoms with E-state index in [0.717, 1.165) is 0 Å². The fraction of sp³-hybridized carbons (Fsp3) is 0. The quantitative estimate of drug-likeness (QED) is 0.449. The molecule has 0 aliphatic carbocycles. The molecule has 5 heteroatoms. The van der Waals surface area contributed by atoms with Crippen molar-refractivity contribution in [2.24, 2.45) is 5.84 Å². The van der Waals surface area contributed by atoms with Gasteiger partial charge in [-0.25, -0.2) is 4.39 Å². The van der Waals surface area contributed by atoms with Gasteiger partial charge in [-0.3, -0.25) is 5.84 Å². The van der Waals surface area contributed by atoms with Gasteiger partial charge in [-0.15, -0.1) is 0 Å². The molecule has 11 heavy (non-hydrogen) atoms. The van der Waals surface area contributed by atoms with Crippen LogP contribution in [0.1, 0.15) is 0 Å². The maximum absolute atomic E-state index is 12.8. The number of halogens is 2. The third-order valence-corrected chi connectivity index (χ3v) is 1.53. The van der Waals surface area contributed by atoms with Crippen LogP contribution in [0, 0.1) is 5.82 Å². The maximum atomic E-state index is 12.8. The standard InChI is InChI=1S/C6H6ClFN2O/c7-3-1-2-4(10-9)5(8)6(3)11/h1-2,10-11H,9H2. The molecule has 1 aromatic rings. The Hall–Kier alpha value is -1.00. The Kier molecular flexibility index (Phi) is 2.16. The van der Waals surface area contributed by atoms with Crippen LogP contribution in [0.4, 0.5) is 10.1 Å². The van der Waals surface area contributed by atoms with E-state index in [4.69, 9.17) is 22.6 Å².